The normalized spacial score (nSPS) is 26.8. The molecule has 0 spiro atoms. The number of nitrogens with zero attached hydrogens (tertiary/aromatic N) is 1. The summed E-state index contributed by atoms with van der Waals surface area (Å²) in [6, 6.07) is 6.79. The molecule has 2 aromatic rings. The Morgan fingerprint density at radius 1 is 1.36 bits per heavy atom. The molecule has 1 fully saturated rings. The Morgan fingerprint density at radius 3 is 2.88 bits per heavy atom. The predicted molar refractivity (Wildman–Crippen MR) is 103 cm³/mol. The van der Waals surface area contributed by atoms with Gasteiger partial charge in [-0.25, -0.2) is 8.42 Å². The van der Waals surface area contributed by atoms with E-state index in [0.29, 0.717) is 12.0 Å². The van der Waals surface area contributed by atoms with Crippen molar-refractivity contribution in [3.8, 4) is 0 Å². The number of hydrogen-bond acceptors (Lipinski definition) is 3. The smallest absolute Gasteiger partial charge is 0.147 e. The molecule has 136 valence electrons. The number of halogens is 1. The lowest BCUT2D eigenvalue weighted by Crippen LogP contribution is -2.51. The van der Waals surface area contributed by atoms with Crippen LogP contribution in [-0.2, 0) is 16.3 Å². The van der Waals surface area contributed by atoms with Crippen molar-refractivity contribution in [3.05, 3.63) is 34.5 Å². The molecular formula is C19H25ClN2O2S. The molecule has 1 aliphatic heterocycles. The minimum absolute atomic E-state index is 0.203. The third kappa shape index (κ3) is 3.11. The maximum atomic E-state index is 11.9. The first-order valence-corrected chi connectivity index (χ1v) is 11.5. The molecule has 0 amide bonds. The standard InChI is InChI=1S/C19H25ClN2O2S/c1-3-7-22-10-12(11-25(2,23)24)8-14-13-5-4-6-16-18(13)15(9-17(14)22)19(20)21-16/h4-6,12,14,17,21H,3,7-11H2,1-2H3/t12-,14?,17-/m1/s1. The number of benzene rings is 1. The van der Waals surface area contributed by atoms with Crippen molar-refractivity contribution in [3.63, 3.8) is 0 Å². The molecular weight excluding hydrogens is 356 g/mol. The number of likely N-dealkylation sites (tertiary alicyclic amines) is 1. The number of aromatic nitrogens is 1. The van der Waals surface area contributed by atoms with Crippen LogP contribution in [0.15, 0.2) is 18.2 Å². The Kier molecular flexibility index (Phi) is 4.37. The summed E-state index contributed by atoms with van der Waals surface area (Å²) < 4.78 is 23.8. The molecule has 1 aromatic carbocycles. The lowest BCUT2D eigenvalue weighted by Gasteiger charge is -2.47. The fraction of sp³-hybridized carbons (Fsp3) is 0.579. The van der Waals surface area contributed by atoms with E-state index >= 15 is 0 Å². The summed E-state index contributed by atoms with van der Waals surface area (Å²) in [5.74, 6) is 0.872. The molecule has 25 heavy (non-hydrogen) atoms. The van der Waals surface area contributed by atoms with Gasteiger partial charge in [-0.1, -0.05) is 30.7 Å². The van der Waals surface area contributed by atoms with Crippen LogP contribution in [0, 0.1) is 5.92 Å². The van der Waals surface area contributed by atoms with Crippen molar-refractivity contribution >= 4 is 32.3 Å². The Labute approximate surface area is 154 Å². The van der Waals surface area contributed by atoms with Crippen molar-refractivity contribution in [1.82, 2.24) is 9.88 Å². The fourth-order valence-electron chi connectivity index (χ4n) is 5.04. The second-order valence-electron chi connectivity index (χ2n) is 7.75. The fourth-order valence-corrected chi connectivity index (χ4v) is 6.41. The molecule has 1 unspecified atom stereocenters. The van der Waals surface area contributed by atoms with Gasteiger partial charge >= 0.3 is 0 Å². The van der Waals surface area contributed by atoms with Crippen LogP contribution in [0.3, 0.4) is 0 Å². The molecule has 1 N–H and O–H groups in total. The van der Waals surface area contributed by atoms with Gasteiger partial charge < -0.3 is 4.98 Å². The molecule has 2 aliphatic rings. The van der Waals surface area contributed by atoms with Crippen LogP contribution >= 0.6 is 11.6 Å². The zero-order chi connectivity index (χ0) is 17.8. The Morgan fingerprint density at radius 2 is 2.16 bits per heavy atom. The molecule has 0 bridgehead atoms. The zero-order valence-corrected chi connectivity index (χ0v) is 16.3. The van der Waals surface area contributed by atoms with E-state index in [9.17, 15) is 8.42 Å². The van der Waals surface area contributed by atoms with Crippen LogP contribution in [0.4, 0.5) is 0 Å². The molecule has 2 heterocycles. The van der Waals surface area contributed by atoms with Crippen LogP contribution in [0.5, 0.6) is 0 Å². The first-order valence-electron chi connectivity index (χ1n) is 9.08. The van der Waals surface area contributed by atoms with Gasteiger partial charge in [-0.3, -0.25) is 4.90 Å². The van der Waals surface area contributed by atoms with E-state index in [1.807, 2.05) is 0 Å². The van der Waals surface area contributed by atoms with Crippen LogP contribution in [0.2, 0.25) is 5.15 Å². The minimum Gasteiger partial charge on any atom is -0.345 e. The van der Waals surface area contributed by atoms with E-state index in [1.54, 1.807) is 0 Å². The Bertz CT molecular complexity index is 906. The van der Waals surface area contributed by atoms with Crippen molar-refractivity contribution in [2.45, 2.75) is 38.1 Å². The van der Waals surface area contributed by atoms with E-state index in [4.69, 9.17) is 11.6 Å². The maximum absolute atomic E-state index is 11.9. The molecule has 0 saturated carbocycles. The number of fused-ring (bicyclic) bond motifs is 2. The molecule has 1 aromatic heterocycles. The van der Waals surface area contributed by atoms with E-state index in [2.05, 4.69) is 35.0 Å². The number of aromatic amines is 1. The van der Waals surface area contributed by atoms with E-state index in [1.165, 1.54) is 22.8 Å². The van der Waals surface area contributed by atoms with E-state index in [0.717, 1.165) is 43.0 Å². The Hall–Kier alpha value is -1.04. The molecule has 4 rings (SSSR count). The van der Waals surface area contributed by atoms with Crippen molar-refractivity contribution < 1.29 is 8.42 Å². The maximum Gasteiger partial charge on any atom is 0.147 e. The number of nitrogens with one attached hydrogen (secondary N) is 1. The lowest BCUT2D eigenvalue weighted by molar-refractivity contribution is 0.0921. The van der Waals surface area contributed by atoms with Crippen molar-refractivity contribution in [2.75, 3.05) is 25.1 Å². The minimum atomic E-state index is -2.96. The second kappa shape index (κ2) is 6.29. The molecule has 6 heteroatoms. The summed E-state index contributed by atoms with van der Waals surface area (Å²) in [7, 11) is -2.96. The molecule has 1 aliphatic carbocycles. The van der Waals surface area contributed by atoms with Crippen molar-refractivity contribution in [2.24, 2.45) is 5.92 Å². The average Bonchev–Trinajstić information content (AvgIpc) is 2.84. The molecule has 4 nitrogen and oxygen atoms in total. The zero-order valence-electron chi connectivity index (χ0n) is 14.8. The second-order valence-corrected chi connectivity index (χ2v) is 10.3. The summed E-state index contributed by atoms with van der Waals surface area (Å²) in [6.07, 6.45) is 4.33. The largest absolute Gasteiger partial charge is 0.345 e. The number of H-pyrrole nitrogens is 1. The van der Waals surface area contributed by atoms with E-state index in [-0.39, 0.29) is 11.7 Å². The predicted octanol–water partition coefficient (Wildman–Crippen LogP) is 3.61. The average molecular weight is 381 g/mol. The summed E-state index contributed by atoms with van der Waals surface area (Å²) in [4.78, 5) is 5.82. The van der Waals surface area contributed by atoms with E-state index < -0.39 is 9.84 Å². The van der Waals surface area contributed by atoms with Crippen LogP contribution < -0.4 is 0 Å². The first kappa shape index (κ1) is 17.4. The summed E-state index contributed by atoms with van der Waals surface area (Å²) >= 11 is 6.49. The Balaban J connectivity index is 1.77. The van der Waals surface area contributed by atoms with Gasteiger partial charge in [0.2, 0.25) is 0 Å². The monoisotopic (exact) mass is 380 g/mol. The highest BCUT2D eigenvalue weighted by atomic mass is 35.5. The first-order chi connectivity index (χ1) is 11.9. The van der Waals surface area contributed by atoms with Gasteiger partial charge in [-0.05, 0) is 48.9 Å². The number of piperidine rings is 1. The molecule has 3 atom stereocenters. The number of hydrogen-bond donors (Lipinski definition) is 1. The van der Waals surface area contributed by atoms with Gasteiger partial charge in [0.15, 0.2) is 0 Å². The highest BCUT2D eigenvalue weighted by Crippen LogP contribution is 2.46. The lowest BCUT2D eigenvalue weighted by atomic mass is 9.72. The van der Waals surface area contributed by atoms with Crippen molar-refractivity contribution in [1.29, 1.82) is 0 Å². The van der Waals surface area contributed by atoms with Gasteiger partial charge in [-0.15, -0.1) is 0 Å². The summed E-state index contributed by atoms with van der Waals surface area (Å²) in [6.45, 7) is 4.07. The quantitative estimate of drug-likeness (QED) is 0.881. The van der Waals surface area contributed by atoms with Gasteiger partial charge in [0.25, 0.3) is 0 Å². The van der Waals surface area contributed by atoms with Crippen LogP contribution in [-0.4, -0.2) is 49.4 Å². The number of rotatable bonds is 4. The van der Waals surface area contributed by atoms with Gasteiger partial charge in [0.05, 0.1) is 5.75 Å². The van der Waals surface area contributed by atoms with Crippen LogP contribution in [0.25, 0.3) is 10.9 Å². The van der Waals surface area contributed by atoms with Gasteiger partial charge in [0, 0.05) is 35.7 Å². The highest BCUT2D eigenvalue weighted by Gasteiger charge is 2.41. The van der Waals surface area contributed by atoms with Gasteiger partial charge in [-0.2, -0.15) is 0 Å². The summed E-state index contributed by atoms with van der Waals surface area (Å²) in [5.41, 5.74) is 3.67. The van der Waals surface area contributed by atoms with Gasteiger partial charge in [0.1, 0.15) is 15.0 Å². The number of sulfone groups is 1. The molecule has 1 saturated heterocycles. The summed E-state index contributed by atoms with van der Waals surface area (Å²) in [5, 5.41) is 2.03. The topological polar surface area (TPSA) is 53.2 Å². The highest BCUT2D eigenvalue weighted by molar-refractivity contribution is 7.90. The third-order valence-corrected chi connectivity index (χ3v) is 7.18. The SMILES string of the molecule is CCCN1C[C@H](CS(C)(=O)=O)CC2c3cccc4[nH]c(Cl)c(c34)C[C@H]21. The van der Waals surface area contributed by atoms with Crippen LogP contribution in [0.1, 0.15) is 36.8 Å². The molecule has 0 radical (unpaired) electrons. The third-order valence-electron chi connectivity index (χ3n) is 5.78.